The molecule has 1 rings (SSSR count). The third-order valence-electron chi connectivity index (χ3n) is 2.28. The summed E-state index contributed by atoms with van der Waals surface area (Å²) in [7, 11) is 1.60. The number of rotatable bonds is 7. The summed E-state index contributed by atoms with van der Waals surface area (Å²) in [6.07, 6.45) is 0. The van der Waals surface area contributed by atoms with E-state index in [4.69, 9.17) is 9.47 Å². The minimum absolute atomic E-state index is 0.0677. The van der Waals surface area contributed by atoms with Gasteiger partial charge in [0.2, 0.25) is 5.91 Å². The number of anilines is 1. The van der Waals surface area contributed by atoms with Crippen LogP contribution in [0, 0.1) is 0 Å². The van der Waals surface area contributed by atoms with Crippen LogP contribution in [-0.2, 0) is 4.79 Å². The SMILES string of the molecule is CCOc1ccc(NCC(=O)NC)cc1OCC. The Balaban J connectivity index is 2.75. The molecular weight excluding hydrogens is 232 g/mol. The molecule has 0 saturated heterocycles. The van der Waals surface area contributed by atoms with Gasteiger partial charge in [0.25, 0.3) is 0 Å². The summed E-state index contributed by atoms with van der Waals surface area (Å²) < 4.78 is 11.0. The molecule has 0 heterocycles. The Morgan fingerprint density at radius 1 is 1.17 bits per heavy atom. The van der Waals surface area contributed by atoms with E-state index >= 15 is 0 Å². The van der Waals surface area contributed by atoms with E-state index in [2.05, 4.69) is 10.6 Å². The Morgan fingerprint density at radius 3 is 2.44 bits per heavy atom. The summed E-state index contributed by atoms with van der Waals surface area (Å²) >= 11 is 0. The van der Waals surface area contributed by atoms with E-state index < -0.39 is 0 Å². The van der Waals surface area contributed by atoms with E-state index in [1.165, 1.54) is 0 Å². The highest BCUT2D eigenvalue weighted by Gasteiger charge is 2.06. The summed E-state index contributed by atoms with van der Waals surface area (Å²) in [5.41, 5.74) is 0.825. The van der Waals surface area contributed by atoms with Gasteiger partial charge in [-0.05, 0) is 26.0 Å². The summed E-state index contributed by atoms with van der Waals surface area (Å²) in [5.74, 6) is 1.33. The molecule has 5 heteroatoms. The van der Waals surface area contributed by atoms with Gasteiger partial charge in [-0.2, -0.15) is 0 Å². The third kappa shape index (κ3) is 4.16. The molecule has 1 aromatic rings. The fourth-order valence-electron chi connectivity index (χ4n) is 1.43. The number of hydrogen-bond acceptors (Lipinski definition) is 4. The summed E-state index contributed by atoms with van der Waals surface area (Å²) in [6, 6.07) is 5.52. The highest BCUT2D eigenvalue weighted by molar-refractivity contribution is 5.80. The molecule has 1 aromatic carbocycles. The molecule has 18 heavy (non-hydrogen) atoms. The standard InChI is InChI=1S/C13H20N2O3/c1-4-17-11-7-6-10(8-12(11)18-5-2)15-9-13(16)14-3/h6-8,15H,4-5,9H2,1-3H3,(H,14,16). The van der Waals surface area contributed by atoms with E-state index in [-0.39, 0.29) is 12.5 Å². The Morgan fingerprint density at radius 2 is 1.83 bits per heavy atom. The van der Waals surface area contributed by atoms with Crippen molar-refractivity contribution in [1.82, 2.24) is 5.32 Å². The number of carbonyl (C=O) groups excluding carboxylic acids is 1. The van der Waals surface area contributed by atoms with Crippen molar-refractivity contribution in [3.63, 3.8) is 0 Å². The first-order valence-electron chi connectivity index (χ1n) is 6.05. The molecule has 0 aliphatic rings. The Bertz CT molecular complexity index is 394. The van der Waals surface area contributed by atoms with Gasteiger partial charge in [0.05, 0.1) is 19.8 Å². The van der Waals surface area contributed by atoms with E-state index in [0.717, 1.165) is 5.69 Å². The topological polar surface area (TPSA) is 59.6 Å². The highest BCUT2D eigenvalue weighted by Crippen LogP contribution is 2.30. The second kappa shape index (κ2) is 7.42. The summed E-state index contributed by atoms with van der Waals surface area (Å²) in [5, 5.41) is 5.57. The maximum absolute atomic E-state index is 11.1. The van der Waals surface area contributed by atoms with Crippen LogP contribution in [0.15, 0.2) is 18.2 Å². The van der Waals surface area contributed by atoms with Crippen molar-refractivity contribution in [1.29, 1.82) is 0 Å². The maximum Gasteiger partial charge on any atom is 0.239 e. The number of benzene rings is 1. The van der Waals surface area contributed by atoms with Crippen LogP contribution in [0.1, 0.15) is 13.8 Å². The largest absolute Gasteiger partial charge is 0.490 e. The predicted molar refractivity (Wildman–Crippen MR) is 71.3 cm³/mol. The molecule has 1 amide bonds. The molecule has 0 fully saturated rings. The maximum atomic E-state index is 11.1. The number of likely N-dealkylation sites (N-methyl/N-ethyl adjacent to an activating group) is 1. The predicted octanol–water partition coefficient (Wildman–Crippen LogP) is 1.64. The lowest BCUT2D eigenvalue weighted by Gasteiger charge is -2.13. The number of nitrogens with one attached hydrogen (secondary N) is 2. The van der Waals surface area contributed by atoms with Crippen molar-refractivity contribution in [3.05, 3.63) is 18.2 Å². The number of amides is 1. The third-order valence-corrected chi connectivity index (χ3v) is 2.28. The molecule has 5 nitrogen and oxygen atoms in total. The minimum Gasteiger partial charge on any atom is -0.490 e. The average molecular weight is 252 g/mol. The number of ether oxygens (including phenoxy) is 2. The van der Waals surface area contributed by atoms with Gasteiger partial charge in [-0.15, -0.1) is 0 Å². The first-order chi connectivity index (χ1) is 8.71. The van der Waals surface area contributed by atoms with Crippen LogP contribution in [0.5, 0.6) is 11.5 Å². The second-order valence-electron chi connectivity index (χ2n) is 3.55. The van der Waals surface area contributed by atoms with Crippen molar-refractivity contribution >= 4 is 11.6 Å². The van der Waals surface area contributed by atoms with Crippen LogP contribution in [0.3, 0.4) is 0 Å². The zero-order valence-corrected chi connectivity index (χ0v) is 11.1. The summed E-state index contributed by atoms with van der Waals surface area (Å²) in [6.45, 7) is 5.23. The van der Waals surface area contributed by atoms with Crippen LogP contribution >= 0.6 is 0 Å². The lowest BCUT2D eigenvalue weighted by Crippen LogP contribution is -2.26. The van der Waals surface area contributed by atoms with Gasteiger partial charge in [0, 0.05) is 18.8 Å². The van der Waals surface area contributed by atoms with E-state index in [0.29, 0.717) is 24.7 Å². The molecule has 0 aliphatic carbocycles. The molecule has 0 aliphatic heterocycles. The van der Waals surface area contributed by atoms with Crippen LogP contribution in [0.2, 0.25) is 0 Å². The smallest absolute Gasteiger partial charge is 0.239 e. The molecule has 0 aromatic heterocycles. The van der Waals surface area contributed by atoms with Gasteiger partial charge in [-0.1, -0.05) is 0 Å². The normalized spacial score (nSPS) is 9.72. The van der Waals surface area contributed by atoms with Crippen LogP contribution < -0.4 is 20.1 Å². The molecule has 0 radical (unpaired) electrons. The lowest BCUT2D eigenvalue weighted by molar-refractivity contribution is -0.118. The Hall–Kier alpha value is -1.91. The molecule has 0 saturated carbocycles. The first kappa shape index (κ1) is 14.2. The number of hydrogen-bond donors (Lipinski definition) is 2. The van der Waals surface area contributed by atoms with Gasteiger partial charge in [-0.3, -0.25) is 4.79 Å². The molecule has 0 atom stereocenters. The monoisotopic (exact) mass is 252 g/mol. The fraction of sp³-hybridized carbons (Fsp3) is 0.462. The van der Waals surface area contributed by atoms with Gasteiger partial charge in [-0.25, -0.2) is 0 Å². The van der Waals surface area contributed by atoms with Gasteiger partial charge in [0.1, 0.15) is 0 Å². The molecule has 100 valence electrons. The van der Waals surface area contributed by atoms with Gasteiger partial charge >= 0.3 is 0 Å². The Kier molecular flexibility index (Phi) is 5.84. The van der Waals surface area contributed by atoms with Crippen molar-refractivity contribution in [2.75, 3.05) is 32.1 Å². The fourth-order valence-corrected chi connectivity index (χ4v) is 1.43. The van der Waals surface area contributed by atoms with Crippen molar-refractivity contribution in [2.24, 2.45) is 0 Å². The van der Waals surface area contributed by atoms with Crippen LogP contribution in [-0.4, -0.2) is 32.7 Å². The van der Waals surface area contributed by atoms with E-state index in [9.17, 15) is 4.79 Å². The lowest BCUT2D eigenvalue weighted by atomic mass is 10.2. The highest BCUT2D eigenvalue weighted by atomic mass is 16.5. The average Bonchev–Trinajstić information content (AvgIpc) is 2.39. The Labute approximate surface area is 107 Å². The zero-order chi connectivity index (χ0) is 13.4. The summed E-state index contributed by atoms with van der Waals surface area (Å²) in [4.78, 5) is 11.1. The van der Waals surface area contributed by atoms with Crippen LogP contribution in [0.4, 0.5) is 5.69 Å². The first-order valence-corrected chi connectivity index (χ1v) is 6.05. The van der Waals surface area contributed by atoms with Crippen molar-refractivity contribution in [3.8, 4) is 11.5 Å². The van der Waals surface area contributed by atoms with Gasteiger partial charge in [0.15, 0.2) is 11.5 Å². The van der Waals surface area contributed by atoms with E-state index in [1.54, 1.807) is 7.05 Å². The second-order valence-corrected chi connectivity index (χ2v) is 3.55. The molecular formula is C13H20N2O3. The molecule has 0 bridgehead atoms. The minimum atomic E-state index is -0.0677. The molecule has 2 N–H and O–H groups in total. The van der Waals surface area contributed by atoms with Crippen molar-refractivity contribution in [2.45, 2.75) is 13.8 Å². The quantitative estimate of drug-likeness (QED) is 0.774. The zero-order valence-electron chi connectivity index (χ0n) is 11.1. The van der Waals surface area contributed by atoms with Gasteiger partial charge < -0.3 is 20.1 Å². The van der Waals surface area contributed by atoms with Crippen LogP contribution in [0.25, 0.3) is 0 Å². The molecule has 0 unspecified atom stereocenters. The molecule has 0 spiro atoms. The van der Waals surface area contributed by atoms with Crippen molar-refractivity contribution < 1.29 is 14.3 Å². The number of carbonyl (C=O) groups is 1. The van der Waals surface area contributed by atoms with E-state index in [1.807, 2.05) is 32.0 Å².